The molecule has 0 saturated carbocycles. The molecule has 0 N–H and O–H groups in total. The van der Waals surface area contributed by atoms with E-state index < -0.39 is 11.2 Å². The van der Waals surface area contributed by atoms with Crippen molar-refractivity contribution in [3.8, 4) is 6.07 Å². The number of allylic oxidation sites excluding steroid dienone is 6. The number of aliphatic imine (C=N–C) groups is 1. The van der Waals surface area contributed by atoms with Gasteiger partial charge in [0.1, 0.15) is 34.8 Å². The second-order valence-corrected chi connectivity index (χ2v) is 8.39. The van der Waals surface area contributed by atoms with Crippen LogP contribution in [0.5, 0.6) is 0 Å². The molecule has 0 radical (unpaired) electrons. The molecular weight excluding hydrogens is 341 g/mol. The summed E-state index contributed by atoms with van der Waals surface area (Å²) in [5, 5.41) is 9.43. The van der Waals surface area contributed by atoms with Gasteiger partial charge in [0.15, 0.2) is 0 Å². The van der Waals surface area contributed by atoms with Gasteiger partial charge in [0.05, 0.1) is 6.54 Å². The van der Waals surface area contributed by atoms with E-state index in [0.717, 1.165) is 30.9 Å². The maximum atomic E-state index is 14.2. The largest absolute Gasteiger partial charge is 0.460 e. The lowest BCUT2D eigenvalue weighted by Crippen LogP contribution is -2.32. The summed E-state index contributed by atoms with van der Waals surface area (Å²) in [5.74, 6) is 1.42. The Morgan fingerprint density at radius 1 is 1.26 bits per heavy atom. The number of ether oxygens (including phenoxy) is 1. The summed E-state index contributed by atoms with van der Waals surface area (Å²) < 4.78 is 20.3. The molecule has 0 amide bonds. The van der Waals surface area contributed by atoms with Gasteiger partial charge in [-0.3, -0.25) is 4.99 Å². The first kappa shape index (κ1) is 19.2. The van der Waals surface area contributed by atoms with Crippen molar-refractivity contribution < 1.29 is 9.13 Å². The van der Waals surface area contributed by atoms with Gasteiger partial charge < -0.3 is 9.64 Å². The molecule has 0 saturated heterocycles. The molecule has 0 aromatic rings. The number of nitrogens with zero attached hydrogens (tertiary/aromatic N) is 3. The summed E-state index contributed by atoms with van der Waals surface area (Å²) in [6.45, 7) is 13.7. The number of nitriles is 1. The fraction of sp³-hybridized carbons (Fsp3) is 0.455. The van der Waals surface area contributed by atoms with Crippen molar-refractivity contribution in [1.29, 1.82) is 5.26 Å². The van der Waals surface area contributed by atoms with Crippen LogP contribution in [0.4, 0.5) is 4.39 Å². The van der Waals surface area contributed by atoms with Crippen LogP contribution >= 0.6 is 0 Å². The van der Waals surface area contributed by atoms with Crippen LogP contribution in [-0.4, -0.2) is 23.8 Å². The average Bonchev–Trinajstić information content (AvgIpc) is 3.08. The zero-order valence-corrected chi connectivity index (χ0v) is 16.5. The smallest absolute Gasteiger partial charge is 0.140 e. The Kier molecular flexibility index (Phi) is 4.86. The number of rotatable bonds is 4. The van der Waals surface area contributed by atoms with E-state index in [0.29, 0.717) is 17.9 Å². The van der Waals surface area contributed by atoms with Crippen LogP contribution in [0.15, 0.2) is 64.5 Å². The SMILES string of the molecule is C=CN1CCN=C1C1=CC(OC2=C(C#N)C(F)=CCC2(C)C)=CCC1(C)C. The highest BCUT2D eigenvalue weighted by molar-refractivity contribution is 6.01. The minimum absolute atomic E-state index is 0.0159. The predicted octanol–water partition coefficient (Wildman–Crippen LogP) is 5.16. The maximum Gasteiger partial charge on any atom is 0.140 e. The normalized spacial score (nSPS) is 23.8. The van der Waals surface area contributed by atoms with Crippen molar-refractivity contribution in [1.82, 2.24) is 4.90 Å². The molecule has 0 aromatic heterocycles. The quantitative estimate of drug-likeness (QED) is 0.689. The van der Waals surface area contributed by atoms with E-state index in [1.807, 2.05) is 37.0 Å². The van der Waals surface area contributed by atoms with Gasteiger partial charge in [0.2, 0.25) is 0 Å². The Morgan fingerprint density at radius 2 is 1.96 bits per heavy atom. The lowest BCUT2D eigenvalue weighted by atomic mass is 9.77. The molecule has 0 unspecified atom stereocenters. The summed E-state index contributed by atoms with van der Waals surface area (Å²) in [7, 11) is 0. The van der Waals surface area contributed by atoms with Gasteiger partial charge in [0.25, 0.3) is 0 Å². The topological polar surface area (TPSA) is 48.6 Å². The standard InChI is InChI=1S/C22H26FN3O/c1-6-26-12-11-25-20(26)17-13-15(7-9-21(17,2)3)27-19-16(14-24)18(23)8-10-22(19,4)5/h6-8,13H,1,9-12H2,2-5H3. The molecule has 27 heavy (non-hydrogen) atoms. The Hall–Kier alpha value is -2.61. The lowest BCUT2D eigenvalue weighted by molar-refractivity contribution is 0.201. The van der Waals surface area contributed by atoms with E-state index in [4.69, 9.17) is 4.74 Å². The van der Waals surface area contributed by atoms with Crippen LogP contribution in [-0.2, 0) is 4.74 Å². The summed E-state index contributed by atoms with van der Waals surface area (Å²) in [5.41, 5.74) is 0.510. The molecule has 0 bridgehead atoms. The number of halogens is 1. The van der Waals surface area contributed by atoms with Crippen LogP contribution in [0.25, 0.3) is 0 Å². The van der Waals surface area contributed by atoms with Gasteiger partial charge in [0, 0.05) is 17.5 Å². The van der Waals surface area contributed by atoms with Crippen molar-refractivity contribution in [2.45, 2.75) is 40.5 Å². The van der Waals surface area contributed by atoms with E-state index in [9.17, 15) is 9.65 Å². The van der Waals surface area contributed by atoms with Crippen molar-refractivity contribution in [3.05, 3.63) is 59.5 Å². The van der Waals surface area contributed by atoms with Crippen molar-refractivity contribution in [3.63, 3.8) is 0 Å². The van der Waals surface area contributed by atoms with Gasteiger partial charge in [-0.05, 0) is 42.7 Å². The van der Waals surface area contributed by atoms with Gasteiger partial charge in [-0.2, -0.15) is 5.26 Å². The molecular formula is C22H26FN3O. The second kappa shape index (κ2) is 6.84. The fourth-order valence-electron chi connectivity index (χ4n) is 3.58. The highest BCUT2D eigenvalue weighted by atomic mass is 19.1. The minimum atomic E-state index is -0.509. The van der Waals surface area contributed by atoms with E-state index >= 15 is 0 Å². The summed E-state index contributed by atoms with van der Waals surface area (Å²) >= 11 is 0. The van der Waals surface area contributed by atoms with Crippen LogP contribution in [0, 0.1) is 22.2 Å². The van der Waals surface area contributed by atoms with Crippen LogP contribution in [0.1, 0.15) is 40.5 Å². The average molecular weight is 367 g/mol. The van der Waals surface area contributed by atoms with Crippen LogP contribution < -0.4 is 0 Å². The molecule has 0 spiro atoms. The first-order valence-electron chi connectivity index (χ1n) is 9.25. The summed E-state index contributed by atoms with van der Waals surface area (Å²) in [6, 6.07) is 1.97. The summed E-state index contributed by atoms with van der Waals surface area (Å²) in [6.07, 6.45) is 8.49. The molecule has 142 valence electrons. The Labute approximate surface area is 160 Å². The Bertz CT molecular complexity index is 862. The van der Waals surface area contributed by atoms with Gasteiger partial charge in [-0.1, -0.05) is 34.3 Å². The molecule has 0 aromatic carbocycles. The molecule has 1 aliphatic heterocycles. The third-order valence-corrected chi connectivity index (χ3v) is 5.37. The van der Waals surface area contributed by atoms with E-state index in [1.165, 1.54) is 6.08 Å². The third-order valence-electron chi connectivity index (χ3n) is 5.37. The highest BCUT2D eigenvalue weighted by Crippen LogP contribution is 2.44. The number of hydrogen-bond acceptors (Lipinski definition) is 4. The third kappa shape index (κ3) is 3.49. The monoisotopic (exact) mass is 367 g/mol. The highest BCUT2D eigenvalue weighted by Gasteiger charge is 2.36. The van der Waals surface area contributed by atoms with Gasteiger partial charge >= 0.3 is 0 Å². The van der Waals surface area contributed by atoms with Gasteiger partial charge in [-0.25, -0.2) is 4.39 Å². The number of hydrogen-bond donors (Lipinski definition) is 0. The fourth-order valence-corrected chi connectivity index (χ4v) is 3.58. The molecule has 1 heterocycles. The van der Waals surface area contributed by atoms with E-state index in [1.54, 1.807) is 6.20 Å². The first-order chi connectivity index (χ1) is 12.7. The van der Waals surface area contributed by atoms with Crippen molar-refractivity contribution in [2.75, 3.05) is 13.1 Å². The Balaban J connectivity index is 1.98. The van der Waals surface area contributed by atoms with Crippen LogP contribution in [0.3, 0.4) is 0 Å². The number of amidine groups is 1. The zero-order chi connectivity index (χ0) is 19.8. The lowest BCUT2D eigenvalue weighted by Gasteiger charge is -2.35. The van der Waals surface area contributed by atoms with E-state index in [2.05, 4.69) is 25.4 Å². The molecule has 0 atom stereocenters. The Morgan fingerprint density at radius 3 is 2.63 bits per heavy atom. The molecule has 4 nitrogen and oxygen atoms in total. The first-order valence-corrected chi connectivity index (χ1v) is 9.25. The predicted molar refractivity (Wildman–Crippen MR) is 105 cm³/mol. The van der Waals surface area contributed by atoms with Crippen LogP contribution in [0.2, 0.25) is 0 Å². The second-order valence-electron chi connectivity index (χ2n) is 8.39. The molecule has 0 fully saturated rings. The van der Waals surface area contributed by atoms with Crippen molar-refractivity contribution >= 4 is 5.84 Å². The van der Waals surface area contributed by atoms with Gasteiger partial charge in [-0.15, -0.1) is 0 Å². The maximum absolute atomic E-state index is 14.2. The van der Waals surface area contributed by atoms with E-state index in [-0.39, 0.29) is 11.0 Å². The molecule has 3 rings (SSSR count). The summed E-state index contributed by atoms with van der Waals surface area (Å²) in [4.78, 5) is 6.69. The molecule has 5 heteroatoms. The zero-order valence-electron chi connectivity index (χ0n) is 16.5. The minimum Gasteiger partial charge on any atom is -0.460 e. The molecule has 2 aliphatic carbocycles. The van der Waals surface area contributed by atoms with Crippen molar-refractivity contribution in [2.24, 2.45) is 15.8 Å². The molecule has 3 aliphatic rings.